The number of nitrogens with zero attached hydrogens (tertiary/aromatic N) is 1. The summed E-state index contributed by atoms with van der Waals surface area (Å²) < 4.78 is 28.1. The molecule has 1 amide bonds. The third-order valence-electron chi connectivity index (χ3n) is 5.50. The third kappa shape index (κ3) is 5.55. The van der Waals surface area contributed by atoms with Crippen molar-refractivity contribution >= 4 is 15.9 Å². The Morgan fingerprint density at radius 1 is 0.875 bits per heavy atom. The maximum absolute atomic E-state index is 13.4. The topological polar surface area (TPSA) is 86.7 Å². The molecule has 7 heteroatoms. The zero-order valence-corrected chi connectivity index (χ0v) is 18.5. The minimum Gasteiger partial charge on any atom is -0.508 e. The first-order valence-electron chi connectivity index (χ1n) is 10.6. The van der Waals surface area contributed by atoms with Crippen LogP contribution < -0.4 is 5.32 Å². The summed E-state index contributed by atoms with van der Waals surface area (Å²) in [6, 6.07) is 21.9. The summed E-state index contributed by atoms with van der Waals surface area (Å²) in [6.07, 6.45) is 2.35. The maximum atomic E-state index is 13.4. The number of nitrogens with one attached hydrogen (secondary N) is 1. The Bertz CT molecular complexity index is 1160. The van der Waals surface area contributed by atoms with Gasteiger partial charge in [-0.25, -0.2) is 8.42 Å². The minimum absolute atomic E-state index is 0.00844. The number of phenolic OH excluding ortho intramolecular Hbond substituents is 1. The molecule has 0 unspecified atom stereocenters. The predicted molar refractivity (Wildman–Crippen MR) is 122 cm³/mol. The Hall–Kier alpha value is -3.16. The number of hydrogen-bond donors (Lipinski definition) is 2. The molecule has 2 N–H and O–H groups in total. The zero-order valence-electron chi connectivity index (χ0n) is 17.6. The van der Waals surface area contributed by atoms with Crippen LogP contribution in [0.3, 0.4) is 0 Å². The van der Waals surface area contributed by atoms with Gasteiger partial charge in [0.05, 0.1) is 4.90 Å². The predicted octanol–water partition coefficient (Wildman–Crippen LogP) is 3.92. The van der Waals surface area contributed by atoms with Gasteiger partial charge in [0, 0.05) is 25.2 Å². The van der Waals surface area contributed by atoms with Crippen LogP contribution >= 0.6 is 0 Å². The van der Waals surface area contributed by atoms with Crippen molar-refractivity contribution in [1.82, 2.24) is 9.62 Å². The molecular weight excluding hydrogens is 424 g/mol. The Balaban J connectivity index is 1.54. The molecule has 3 aromatic rings. The van der Waals surface area contributed by atoms with Crippen molar-refractivity contribution in [2.24, 2.45) is 5.92 Å². The summed E-state index contributed by atoms with van der Waals surface area (Å²) in [4.78, 5) is 12.4. The van der Waals surface area contributed by atoms with E-state index in [0.717, 1.165) is 11.1 Å². The monoisotopic (exact) mass is 450 g/mol. The highest BCUT2D eigenvalue weighted by molar-refractivity contribution is 7.89. The number of phenols is 1. The lowest BCUT2D eigenvalue weighted by Gasteiger charge is -2.23. The second kappa shape index (κ2) is 9.54. The van der Waals surface area contributed by atoms with Gasteiger partial charge in [0.15, 0.2) is 0 Å². The van der Waals surface area contributed by atoms with Crippen molar-refractivity contribution in [3.63, 3.8) is 0 Å². The highest BCUT2D eigenvalue weighted by atomic mass is 32.2. The smallest absolute Gasteiger partial charge is 0.251 e. The van der Waals surface area contributed by atoms with Crippen molar-refractivity contribution < 1.29 is 18.3 Å². The molecule has 0 radical (unpaired) electrons. The van der Waals surface area contributed by atoms with E-state index in [1.165, 1.54) is 41.4 Å². The molecular formula is C25H26N2O4S. The Morgan fingerprint density at radius 2 is 1.47 bits per heavy atom. The van der Waals surface area contributed by atoms with E-state index >= 15 is 0 Å². The number of hydrogen-bond acceptors (Lipinski definition) is 4. The second-order valence-electron chi connectivity index (χ2n) is 8.10. The first-order valence-corrected chi connectivity index (χ1v) is 12.1. The molecule has 0 bridgehead atoms. The van der Waals surface area contributed by atoms with Crippen LogP contribution in [0.25, 0.3) is 0 Å². The minimum atomic E-state index is -3.81. The summed E-state index contributed by atoms with van der Waals surface area (Å²) in [7, 11) is -3.81. The largest absolute Gasteiger partial charge is 0.508 e. The van der Waals surface area contributed by atoms with E-state index in [0.29, 0.717) is 18.0 Å². The molecule has 166 valence electrons. The van der Waals surface area contributed by atoms with E-state index in [1.807, 2.05) is 30.3 Å². The highest BCUT2D eigenvalue weighted by Crippen LogP contribution is 2.27. The molecule has 0 atom stereocenters. The summed E-state index contributed by atoms with van der Waals surface area (Å²) >= 11 is 0. The van der Waals surface area contributed by atoms with Crippen molar-refractivity contribution in [2.45, 2.75) is 30.8 Å². The molecule has 0 aromatic heterocycles. The van der Waals surface area contributed by atoms with Crippen LogP contribution in [0.1, 0.15) is 34.3 Å². The van der Waals surface area contributed by atoms with Gasteiger partial charge < -0.3 is 10.4 Å². The van der Waals surface area contributed by atoms with Gasteiger partial charge in [0.25, 0.3) is 5.91 Å². The van der Waals surface area contributed by atoms with Gasteiger partial charge in [-0.3, -0.25) is 4.79 Å². The van der Waals surface area contributed by atoms with E-state index in [9.17, 15) is 18.3 Å². The number of aromatic hydroxyl groups is 1. The SMILES string of the molecule is O=C(NCC1CC1)c1ccc(CN(Cc2ccccc2)S(=O)(=O)c2ccc(O)cc2)cc1. The quantitative estimate of drug-likeness (QED) is 0.517. The normalized spacial score (nSPS) is 13.8. The average molecular weight is 451 g/mol. The molecule has 4 rings (SSSR count). The second-order valence-corrected chi connectivity index (χ2v) is 10.0. The molecule has 3 aromatic carbocycles. The van der Waals surface area contributed by atoms with E-state index in [-0.39, 0.29) is 29.6 Å². The Labute approximate surface area is 188 Å². The molecule has 32 heavy (non-hydrogen) atoms. The highest BCUT2D eigenvalue weighted by Gasteiger charge is 2.25. The van der Waals surface area contributed by atoms with Gasteiger partial charge in [0.2, 0.25) is 10.0 Å². The molecule has 0 spiro atoms. The summed E-state index contributed by atoms with van der Waals surface area (Å²) in [5, 5.41) is 12.5. The first kappa shape index (κ1) is 22.0. The van der Waals surface area contributed by atoms with Crippen LogP contribution in [0.2, 0.25) is 0 Å². The van der Waals surface area contributed by atoms with Gasteiger partial charge in [0.1, 0.15) is 5.75 Å². The van der Waals surface area contributed by atoms with Crippen molar-refractivity contribution in [3.05, 3.63) is 95.6 Å². The summed E-state index contributed by atoms with van der Waals surface area (Å²) in [6.45, 7) is 1.06. The molecule has 0 aliphatic heterocycles. The lowest BCUT2D eigenvalue weighted by molar-refractivity contribution is 0.0951. The van der Waals surface area contributed by atoms with Crippen molar-refractivity contribution in [1.29, 1.82) is 0 Å². The Kier molecular flexibility index (Phi) is 6.58. The van der Waals surface area contributed by atoms with E-state index in [1.54, 1.807) is 24.3 Å². The number of benzene rings is 3. The molecule has 1 aliphatic rings. The van der Waals surface area contributed by atoms with E-state index in [2.05, 4.69) is 5.32 Å². The third-order valence-corrected chi connectivity index (χ3v) is 7.31. The van der Waals surface area contributed by atoms with Gasteiger partial charge in [-0.05, 0) is 66.3 Å². The molecule has 0 heterocycles. The number of carbonyl (C=O) groups is 1. The van der Waals surface area contributed by atoms with Crippen LogP contribution in [-0.4, -0.2) is 30.3 Å². The number of carbonyl (C=O) groups excluding carboxylic acids is 1. The lowest BCUT2D eigenvalue weighted by atomic mass is 10.1. The molecule has 6 nitrogen and oxygen atoms in total. The van der Waals surface area contributed by atoms with Crippen LogP contribution in [0.5, 0.6) is 5.75 Å². The van der Waals surface area contributed by atoms with E-state index in [4.69, 9.17) is 0 Å². The standard InChI is InChI=1S/C25H26N2O4S/c28-23-12-14-24(15-13-23)32(30,31)27(17-20-4-2-1-3-5-20)18-21-8-10-22(11-9-21)25(29)26-16-19-6-7-19/h1-5,8-15,19,28H,6-7,16-18H2,(H,26,29). The van der Waals surface area contributed by atoms with Gasteiger partial charge in [-0.1, -0.05) is 42.5 Å². The molecule has 1 saturated carbocycles. The molecule has 1 fully saturated rings. The fraction of sp³-hybridized carbons (Fsp3) is 0.240. The van der Waals surface area contributed by atoms with Crippen molar-refractivity contribution in [3.8, 4) is 5.75 Å². The fourth-order valence-electron chi connectivity index (χ4n) is 3.41. The van der Waals surface area contributed by atoms with Crippen LogP contribution in [0.4, 0.5) is 0 Å². The van der Waals surface area contributed by atoms with Gasteiger partial charge in [-0.15, -0.1) is 0 Å². The van der Waals surface area contributed by atoms with Crippen LogP contribution in [0, 0.1) is 5.92 Å². The number of rotatable bonds is 9. The Morgan fingerprint density at radius 3 is 2.06 bits per heavy atom. The summed E-state index contributed by atoms with van der Waals surface area (Å²) in [5.41, 5.74) is 2.21. The van der Waals surface area contributed by atoms with Gasteiger partial charge in [-0.2, -0.15) is 4.31 Å². The number of amides is 1. The van der Waals surface area contributed by atoms with Gasteiger partial charge >= 0.3 is 0 Å². The zero-order chi connectivity index (χ0) is 22.6. The first-order chi connectivity index (χ1) is 15.4. The van der Waals surface area contributed by atoms with Crippen molar-refractivity contribution in [2.75, 3.05) is 6.54 Å². The summed E-state index contributed by atoms with van der Waals surface area (Å²) in [5.74, 6) is 0.505. The van der Waals surface area contributed by atoms with E-state index < -0.39 is 10.0 Å². The lowest BCUT2D eigenvalue weighted by Crippen LogP contribution is -2.30. The molecule has 0 saturated heterocycles. The maximum Gasteiger partial charge on any atom is 0.251 e. The number of sulfonamides is 1. The fourth-order valence-corrected chi connectivity index (χ4v) is 4.82. The molecule has 1 aliphatic carbocycles. The van der Waals surface area contributed by atoms with Crippen LogP contribution in [-0.2, 0) is 23.1 Å². The van der Waals surface area contributed by atoms with Crippen LogP contribution in [0.15, 0.2) is 83.8 Å². The average Bonchev–Trinajstić information content (AvgIpc) is 3.63.